The van der Waals surface area contributed by atoms with Gasteiger partial charge in [-0.15, -0.1) is 22.7 Å². The van der Waals surface area contributed by atoms with E-state index >= 15 is 0 Å². The molecule has 146 valence electrons. The van der Waals surface area contributed by atoms with Crippen molar-refractivity contribution in [1.82, 2.24) is 19.9 Å². The lowest BCUT2D eigenvalue weighted by Gasteiger charge is -2.27. The minimum absolute atomic E-state index is 0.0194. The summed E-state index contributed by atoms with van der Waals surface area (Å²) in [6.45, 7) is 4.39. The molecule has 5 rings (SSSR count). The van der Waals surface area contributed by atoms with E-state index in [1.165, 1.54) is 4.88 Å². The Labute approximate surface area is 176 Å². The molecule has 1 aliphatic heterocycles. The van der Waals surface area contributed by atoms with Crippen molar-refractivity contribution in [3.05, 3.63) is 80.0 Å². The SMILES string of the molecule is Cc1nc(-c2ccccc2)sc1CN1CCc2nc(-c3cccs3)[nH]c(=O)c2C1. The molecular formula is C22H20N4OS2. The van der Waals surface area contributed by atoms with Gasteiger partial charge in [-0.25, -0.2) is 9.97 Å². The second-order valence-corrected chi connectivity index (χ2v) is 9.20. The lowest BCUT2D eigenvalue weighted by atomic mass is 10.1. The standard InChI is InChI=1S/C22H20N4OS2/c1-14-19(29-22(23-14)15-6-3-2-4-7-15)13-26-10-9-17-16(12-26)21(27)25-20(24-17)18-8-5-11-28-18/h2-8,11H,9-10,12-13H2,1H3,(H,24,25,27). The Morgan fingerprint density at radius 3 is 2.79 bits per heavy atom. The van der Waals surface area contributed by atoms with Crippen LogP contribution in [0.15, 0.2) is 52.6 Å². The van der Waals surface area contributed by atoms with E-state index in [0.29, 0.717) is 12.4 Å². The van der Waals surface area contributed by atoms with Gasteiger partial charge in [-0.3, -0.25) is 9.69 Å². The molecule has 29 heavy (non-hydrogen) atoms. The maximum absolute atomic E-state index is 12.7. The molecule has 0 unspecified atom stereocenters. The summed E-state index contributed by atoms with van der Waals surface area (Å²) >= 11 is 3.33. The summed E-state index contributed by atoms with van der Waals surface area (Å²) in [5.41, 5.74) is 3.92. The van der Waals surface area contributed by atoms with Gasteiger partial charge in [0.1, 0.15) is 5.01 Å². The Hall–Kier alpha value is -2.61. The molecule has 4 heterocycles. The molecule has 0 atom stereocenters. The summed E-state index contributed by atoms with van der Waals surface area (Å²) in [6.07, 6.45) is 0.793. The molecule has 0 amide bonds. The molecule has 0 saturated carbocycles. The largest absolute Gasteiger partial charge is 0.306 e. The van der Waals surface area contributed by atoms with Crippen LogP contribution in [-0.4, -0.2) is 26.4 Å². The van der Waals surface area contributed by atoms with E-state index in [0.717, 1.165) is 51.9 Å². The van der Waals surface area contributed by atoms with E-state index in [9.17, 15) is 4.79 Å². The first kappa shape index (κ1) is 18.4. The van der Waals surface area contributed by atoms with E-state index in [4.69, 9.17) is 9.97 Å². The van der Waals surface area contributed by atoms with Crippen molar-refractivity contribution in [3.63, 3.8) is 0 Å². The molecule has 0 saturated heterocycles. The van der Waals surface area contributed by atoms with E-state index in [1.807, 2.05) is 35.7 Å². The van der Waals surface area contributed by atoms with E-state index in [2.05, 4.69) is 28.9 Å². The summed E-state index contributed by atoms with van der Waals surface area (Å²) in [4.78, 5) is 29.7. The Bertz CT molecular complexity index is 1200. The highest BCUT2D eigenvalue weighted by Gasteiger charge is 2.23. The number of nitrogens with zero attached hydrogens (tertiary/aromatic N) is 3. The fourth-order valence-electron chi connectivity index (χ4n) is 3.63. The topological polar surface area (TPSA) is 61.9 Å². The smallest absolute Gasteiger partial charge is 0.255 e. The monoisotopic (exact) mass is 420 g/mol. The molecule has 5 nitrogen and oxygen atoms in total. The summed E-state index contributed by atoms with van der Waals surface area (Å²) < 4.78 is 0. The minimum Gasteiger partial charge on any atom is -0.306 e. The van der Waals surface area contributed by atoms with Crippen LogP contribution in [0.3, 0.4) is 0 Å². The third-order valence-corrected chi connectivity index (χ3v) is 7.25. The Balaban J connectivity index is 1.37. The molecular weight excluding hydrogens is 400 g/mol. The summed E-state index contributed by atoms with van der Waals surface area (Å²) in [5.74, 6) is 0.683. The number of rotatable bonds is 4. The Morgan fingerprint density at radius 1 is 1.14 bits per heavy atom. The Morgan fingerprint density at radius 2 is 2.00 bits per heavy atom. The molecule has 0 bridgehead atoms. The molecule has 7 heteroatoms. The lowest BCUT2D eigenvalue weighted by molar-refractivity contribution is 0.243. The van der Waals surface area contributed by atoms with Crippen LogP contribution in [0.4, 0.5) is 0 Å². The second kappa shape index (κ2) is 7.67. The van der Waals surface area contributed by atoms with Gasteiger partial charge in [0, 0.05) is 36.5 Å². The number of aromatic nitrogens is 3. The first-order valence-corrected chi connectivity index (χ1v) is 11.3. The van der Waals surface area contributed by atoms with Crippen molar-refractivity contribution >= 4 is 22.7 Å². The van der Waals surface area contributed by atoms with Gasteiger partial charge in [0.25, 0.3) is 5.56 Å². The number of fused-ring (bicyclic) bond motifs is 1. The number of hydrogen-bond acceptors (Lipinski definition) is 6. The van der Waals surface area contributed by atoms with Gasteiger partial charge in [0.2, 0.25) is 0 Å². The minimum atomic E-state index is -0.0194. The number of benzene rings is 1. The molecule has 4 aromatic rings. The van der Waals surface area contributed by atoms with Crippen molar-refractivity contribution in [3.8, 4) is 21.3 Å². The van der Waals surface area contributed by atoms with Crippen LogP contribution in [0.25, 0.3) is 21.3 Å². The maximum atomic E-state index is 12.7. The molecule has 3 aromatic heterocycles. The van der Waals surface area contributed by atoms with Crippen molar-refractivity contribution in [2.24, 2.45) is 0 Å². The van der Waals surface area contributed by atoms with Crippen LogP contribution in [0.5, 0.6) is 0 Å². The van der Waals surface area contributed by atoms with Gasteiger partial charge in [0.05, 0.1) is 21.8 Å². The Kier molecular flexibility index (Phi) is 4.87. The number of hydrogen-bond donors (Lipinski definition) is 1. The zero-order chi connectivity index (χ0) is 19.8. The molecule has 0 fully saturated rings. The summed E-state index contributed by atoms with van der Waals surface area (Å²) in [5, 5.41) is 3.05. The van der Waals surface area contributed by atoms with E-state index < -0.39 is 0 Å². The van der Waals surface area contributed by atoms with Crippen LogP contribution >= 0.6 is 22.7 Å². The van der Waals surface area contributed by atoms with Crippen molar-refractivity contribution < 1.29 is 0 Å². The third kappa shape index (κ3) is 3.69. The summed E-state index contributed by atoms with van der Waals surface area (Å²) in [7, 11) is 0. The highest BCUT2D eigenvalue weighted by molar-refractivity contribution is 7.15. The van der Waals surface area contributed by atoms with Gasteiger partial charge in [0.15, 0.2) is 5.82 Å². The fourth-order valence-corrected chi connectivity index (χ4v) is 5.41. The third-order valence-electron chi connectivity index (χ3n) is 5.18. The number of aryl methyl sites for hydroxylation is 1. The highest BCUT2D eigenvalue weighted by Crippen LogP contribution is 2.30. The van der Waals surface area contributed by atoms with Crippen molar-refractivity contribution in [2.75, 3.05) is 6.54 Å². The molecule has 0 spiro atoms. The molecule has 1 aliphatic rings. The van der Waals surface area contributed by atoms with Crippen LogP contribution in [0.2, 0.25) is 0 Å². The quantitative estimate of drug-likeness (QED) is 0.528. The van der Waals surface area contributed by atoms with Crippen LogP contribution in [0, 0.1) is 6.92 Å². The molecule has 1 aromatic carbocycles. The van der Waals surface area contributed by atoms with Gasteiger partial charge >= 0.3 is 0 Å². The van der Waals surface area contributed by atoms with E-state index in [-0.39, 0.29) is 5.56 Å². The van der Waals surface area contributed by atoms with Crippen LogP contribution in [0.1, 0.15) is 21.8 Å². The summed E-state index contributed by atoms with van der Waals surface area (Å²) in [6, 6.07) is 14.2. The van der Waals surface area contributed by atoms with Gasteiger partial charge in [-0.2, -0.15) is 0 Å². The van der Waals surface area contributed by atoms with Crippen molar-refractivity contribution in [1.29, 1.82) is 0 Å². The first-order valence-electron chi connectivity index (χ1n) is 9.57. The zero-order valence-electron chi connectivity index (χ0n) is 16.0. The predicted molar refractivity (Wildman–Crippen MR) is 118 cm³/mol. The highest BCUT2D eigenvalue weighted by atomic mass is 32.1. The average molecular weight is 421 g/mol. The van der Waals surface area contributed by atoms with Gasteiger partial charge < -0.3 is 4.98 Å². The predicted octanol–water partition coefficient (Wildman–Crippen LogP) is 4.49. The molecule has 0 aliphatic carbocycles. The first-order chi connectivity index (χ1) is 14.2. The van der Waals surface area contributed by atoms with E-state index in [1.54, 1.807) is 22.7 Å². The average Bonchev–Trinajstić information content (AvgIpc) is 3.40. The zero-order valence-corrected chi connectivity index (χ0v) is 17.6. The van der Waals surface area contributed by atoms with Crippen LogP contribution < -0.4 is 5.56 Å². The number of nitrogens with one attached hydrogen (secondary N) is 1. The maximum Gasteiger partial charge on any atom is 0.255 e. The normalized spacial score (nSPS) is 14.1. The fraction of sp³-hybridized carbons (Fsp3) is 0.227. The number of thiazole rings is 1. The number of thiophene rings is 1. The number of H-pyrrole nitrogens is 1. The van der Waals surface area contributed by atoms with Crippen LogP contribution in [-0.2, 0) is 19.5 Å². The molecule has 1 N–H and O–H groups in total. The van der Waals surface area contributed by atoms with Gasteiger partial charge in [-0.05, 0) is 18.4 Å². The second-order valence-electron chi connectivity index (χ2n) is 7.17. The number of aromatic amines is 1. The van der Waals surface area contributed by atoms with Crippen molar-refractivity contribution in [2.45, 2.75) is 26.4 Å². The lowest BCUT2D eigenvalue weighted by Crippen LogP contribution is -2.35. The van der Waals surface area contributed by atoms with Gasteiger partial charge in [-0.1, -0.05) is 36.4 Å². The molecule has 0 radical (unpaired) electrons.